The molecule has 2 heteroatoms. The van der Waals surface area contributed by atoms with Crippen LogP contribution in [0.15, 0.2) is 77.6 Å². The summed E-state index contributed by atoms with van der Waals surface area (Å²) in [6.45, 7) is 0. The quantitative estimate of drug-likeness (QED) is 0.264. The van der Waals surface area contributed by atoms with Crippen molar-refractivity contribution in [1.82, 2.24) is 0 Å². The highest BCUT2D eigenvalue weighted by molar-refractivity contribution is 7.25. The van der Waals surface area contributed by atoms with Crippen LogP contribution in [-0.4, -0.2) is 0 Å². The van der Waals surface area contributed by atoms with Crippen LogP contribution < -0.4 is 5.43 Å². The number of fused-ring (bicyclic) bond motifs is 7. The normalized spacial score (nSPS) is 11.7. The fourth-order valence-corrected chi connectivity index (χ4v) is 4.66. The molecule has 1 nitrogen and oxygen atoms in total. The fraction of sp³-hybridized carbons (Fsp3) is 0. The van der Waals surface area contributed by atoms with Gasteiger partial charge in [-0.25, -0.2) is 0 Å². The van der Waals surface area contributed by atoms with E-state index in [1.54, 1.807) is 11.3 Å². The summed E-state index contributed by atoms with van der Waals surface area (Å²) in [5.74, 6) is 0. The molecule has 0 fully saturated rings. The molecule has 0 aliphatic heterocycles. The summed E-state index contributed by atoms with van der Waals surface area (Å²) in [4.78, 5) is 13.2. The van der Waals surface area contributed by atoms with E-state index in [4.69, 9.17) is 0 Å². The van der Waals surface area contributed by atoms with E-state index in [-0.39, 0.29) is 5.43 Å². The summed E-state index contributed by atoms with van der Waals surface area (Å²) in [6, 6.07) is 24.5. The second kappa shape index (κ2) is 4.64. The third-order valence-corrected chi connectivity index (χ3v) is 5.66. The number of hydrogen-bond acceptors (Lipinski definition) is 2. The lowest BCUT2D eigenvalue weighted by Crippen LogP contribution is -2.02. The van der Waals surface area contributed by atoms with Crippen molar-refractivity contribution in [2.24, 2.45) is 0 Å². The molecule has 0 atom stereocenters. The molecule has 1 aromatic heterocycles. The zero-order valence-corrected chi connectivity index (χ0v) is 13.1. The molecule has 0 N–H and O–H groups in total. The van der Waals surface area contributed by atoms with Crippen LogP contribution in [0.25, 0.3) is 41.7 Å². The second-order valence-corrected chi connectivity index (χ2v) is 6.77. The molecule has 0 spiro atoms. The Morgan fingerprint density at radius 1 is 0.565 bits per heavy atom. The van der Waals surface area contributed by atoms with E-state index in [1.807, 2.05) is 42.5 Å². The Kier molecular flexibility index (Phi) is 2.58. The minimum Gasteiger partial charge on any atom is -0.288 e. The summed E-state index contributed by atoms with van der Waals surface area (Å²) in [7, 11) is 0. The van der Waals surface area contributed by atoms with Gasteiger partial charge in [0, 0.05) is 25.6 Å². The van der Waals surface area contributed by atoms with Gasteiger partial charge < -0.3 is 0 Å². The van der Waals surface area contributed by atoms with E-state index in [1.165, 1.54) is 5.39 Å². The lowest BCUT2D eigenvalue weighted by molar-refractivity contribution is 1.76. The van der Waals surface area contributed by atoms with Crippen molar-refractivity contribution in [2.45, 2.75) is 0 Å². The van der Waals surface area contributed by atoms with Crippen molar-refractivity contribution < 1.29 is 0 Å². The molecule has 1 heterocycles. The van der Waals surface area contributed by atoms with Gasteiger partial charge in [0.2, 0.25) is 0 Å². The van der Waals surface area contributed by atoms with Gasteiger partial charge in [0.25, 0.3) is 0 Å². The predicted molar refractivity (Wildman–Crippen MR) is 101 cm³/mol. The Morgan fingerprint density at radius 2 is 1.09 bits per heavy atom. The van der Waals surface area contributed by atoms with Gasteiger partial charge in [-0.05, 0) is 28.3 Å². The van der Waals surface area contributed by atoms with Crippen molar-refractivity contribution in [2.75, 3.05) is 0 Å². The Hall–Kier alpha value is -2.71. The Balaban J connectivity index is 2.25. The first-order valence-corrected chi connectivity index (χ1v) is 8.41. The molecule has 108 valence electrons. The molecule has 0 amide bonds. The lowest BCUT2D eigenvalue weighted by Gasteiger charge is -2.10. The first kappa shape index (κ1) is 12.8. The number of hydrogen-bond donors (Lipinski definition) is 0. The monoisotopic (exact) mass is 312 g/mol. The molecule has 0 aliphatic carbocycles. The first-order chi connectivity index (χ1) is 11.3. The van der Waals surface area contributed by atoms with Gasteiger partial charge in [0.15, 0.2) is 5.43 Å². The lowest BCUT2D eigenvalue weighted by atomic mass is 9.98. The summed E-state index contributed by atoms with van der Waals surface area (Å²) < 4.78 is 2.13. The Labute approximate surface area is 136 Å². The van der Waals surface area contributed by atoms with Crippen LogP contribution in [0.2, 0.25) is 0 Å². The summed E-state index contributed by atoms with van der Waals surface area (Å²) in [6.07, 6.45) is 0. The highest BCUT2D eigenvalue weighted by Crippen LogP contribution is 2.37. The van der Waals surface area contributed by atoms with Gasteiger partial charge in [-0.1, -0.05) is 60.7 Å². The molecule has 5 rings (SSSR count). The highest BCUT2D eigenvalue weighted by atomic mass is 32.1. The van der Waals surface area contributed by atoms with E-state index in [9.17, 15) is 4.79 Å². The standard InChI is InChI=1S/C21H12OS/c22-20-17-11-5-6-12-18(17)23-21-16-10-4-2-8-14(16)13-7-1-3-9-15(13)19(20)21/h1-12H. The van der Waals surface area contributed by atoms with Gasteiger partial charge >= 0.3 is 0 Å². The largest absolute Gasteiger partial charge is 0.288 e. The van der Waals surface area contributed by atoms with Crippen molar-refractivity contribution in [1.29, 1.82) is 0 Å². The maximum atomic E-state index is 13.2. The van der Waals surface area contributed by atoms with Crippen LogP contribution in [0.5, 0.6) is 0 Å². The Bertz CT molecular complexity index is 1280. The van der Waals surface area contributed by atoms with Gasteiger partial charge in [-0.2, -0.15) is 0 Å². The average Bonchev–Trinajstić information content (AvgIpc) is 2.62. The smallest absolute Gasteiger partial charge is 0.196 e. The van der Waals surface area contributed by atoms with E-state index in [0.29, 0.717) is 0 Å². The number of rotatable bonds is 0. The van der Waals surface area contributed by atoms with E-state index >= 15 is 0 Å². The van der Waals surface area contributed by atoms with Crippen LogP contribution in [0, 0.1) is 0 Å². The van der Waals surface area contributed by atoms with Crippen LogP contribution in [0.3, 0.4) is 0 Å². The third-order valence-electron chi connectivity index (χ3n) is 4.46. The van der Waals surface area contributed by atoms with Crippen LogP contribution in [0.1, 0.15) is 0 Å². The van der Waals surface area contributed by atoms with Crippen LogP contribution in [-0.2, 0) is 0 Å². The maximum Gasteiger partial charge on any atom is 0.196 e. The average molecular weight is 312 g/mol. The van der Waals surface area contributed by atoms with Crippen molar-refractivity contribution >= 4 is 53.1 Å². The van der Waals surface area contributed by atoms with Crippen LogP contribution in [0.4, 0.5) is 0 Å². The first-order valence-electron chi connectivity index (χ1n) is 7.59. The minimum absolute atomic E-state index is 0.135. The molecular weight excluding hydrogens is 300 g/mol. The topological polar surface area (TPSA) is 17.1 Å². The molecule has 0 unspecified atom stereocenters. The third kappa shape index (κ3) is 1.70. The van der Waals surface area contributed by atoms with Crippen LogP contribution >= 0.6 is 11.3 Å². The van der Waals surface area contributed by atoms with Gasteiger partial charge in [0.05, 0.1) is 0 Å². The highest BCUT2D eigenvalue weighted by Gasteiger charge is 2.13. The molecule has 0 aliphatic rings. The zero-order chi connectivity index (χ0) is 15.4. The predicted octanol–water partition coefficient (Wildman–Crippen LogP) is 5.72. The van der Waals surface area contributed by atoms with E-state index in [2.05, 4.69) is 30.3 Å². The van der Waals surface area contributed by atoms with Crippen molar-refractivity contribution in [3.8, 4) is 0 Å². The summed E-state index contributed by atoms with van der Waals surface area (Å²) >= 11 is 1.71. The van der Waals surface area contributed by atoms with Gasteiger partial charge in [-0.3, -0.25) is 4.79 Å². The van der Waals surface area contributed by atoms with Crippen molar-refractivity contribution in [3.63, 3.8) is 0 Å². The summed E-state index contributed by atoms with van der Waals surface area (Å²) in [5.41, 5.74) is 0.135. The number of benzene rings is 4. The molecule has 0 radical (unpaired) electrons. The van der Waals surface area contributed by atoms with E-state index < -0.39 is 0 Å². The fourth-order valence-electron chi connectivity index (χ4n) is 3.43. The molecule has 0 saturated heterocycles. The van der Waals surface area contributed by atoms with Gasteiger partial charge in [-0.15, -0.1) is 11.3 Å². The molecule has 4 aromatic carbocycles. The van der Waals surface area contributed by atoms with Gasteiger partial charge in [0.1, 0.15) is 0 Å². The molecular formula is C21H12OS. The Morgan fingerprint density at radius 3 is 1.83 bits per heavy atom. The maximum absolute atomic E-state index is 13.2. The molecule has 23 heavy (non-hydrogen) atoms. The second-order valence-electron chi connectivity index (χ2n) is 5.72. The van der Waals surface area contributed by atoms with E-state index in [0.717, 1.165) is 36.3 Å². The van der Waals surface area contributed by atoms with Crippen molar-refractivity contribution in [3.05, 3.63) is 83.0 Å². The SMILES string of the molecule is O=c1c2ccccc2sc2c3ccccc3c3ccccc3c12. The minimum atomic E-state index is 0.135. The zero-order valence-electron chi connectivity index (χ0n) is 12.2. The summed E-state index contributed by atoms with van der Waals surface area (Å²) in [5, 5.41) is 6.23. The molecule has 5 aromatic rings. The molecule has 0 saturated carbocycles. The molecule has 0 bridgehead atoms.